The highest BCUT2D eigenvalue weighted by Crippen LogP contribution is 2.46. The summed E-state index contributed by atoms with van der Waals surface area (Å²) in [4.78, 5) is 0. The Morgan fingerprint density at radius 3 is 2.12 bits per heavy atom. The van der Waals surface area contributed by atoms with Crippen molar-refractivity contribution in [1.82, 2.24) is 0 Å². The van der Waals surface area contributed by atoms with Crippen LogP contribution in [0.25, 0.3) is 0 Å². The van der Waals surface area contributed by atoms with Gasteiger partial charge in [0.1, 0.15) is 4.33 Å². The van der Waals surface area contributed by atoms with Crippen LogP contribution in [0.4, 0.5) is 0 Å². The summed E-state index contributed by atoms with van der Waals surface area (Å²) in [5.74, 6) is 1.17. The molecule has 1 aliphatic carbocycles. The van der Waals surface area contributed by atoms with Crippen LogP contribution < -0.4 is 0 Å². The fourth-order valence-corrected chi connectivity index (χ4v) is 6.41. The molecule has 34 heavy (non-hydrogen) atoms. The third-order valence-corrected chi connectivity index (χ3v) is 8.37. The largest absolute Gasteiger partial charge is 0.373 e. The Hall–Kier alpha value is -1.02. The predicted molar refractivity (Wildman–Crippen MR) is 148 cm³/mol. The standard InChI is InChI=1S/C31H44Cl2O/c1-25(2)23-31(32,33)22-21-30(3,28-17-11-6-12-18-28)24-34-29(27-15-9-5-10-16-27)20-19-26-13-7-4-8-14-26/h4-5,7-10,13-16,25,28-29H,6,11-12,17-24H2,1-3H3. The van der Waals surface area contributed by atoms with Gasteiger partial charge in [0.25, 0.3) is 0 Å². The minimum atomic E-state index is -0.657. The first kappa shape index (κ1) is 27.6. The van der Waals surface area contributed by atoms with E-state index >= 15 is 0 Å². The van der Waals surface area contributed by atoms with E-state index in [1.54, 1.807) is 0 Å². The van der Waals surface area contributed by atoms with E-state index in [-0.39, 0.29) is 11.5 Å². The second-order valence-corrected chi connectivity index (χ2v) is 12.8. The van der Waals surface area contributed by atoms with Crippen LogP contribution in [0.3, 0.4) is 0 Å². The molecule has 2 atom stereocenters. The SMILES string of the molecule is CC(C)CC(Cl)(Cl)CCC(C)(COC(CCc1ccccc1)c1ccccc1)C1CCCCC1. The number of hydrogen-bond donors (Lipinski definition) is 0. The van der Waals surface area contributed by atoms with Crippen LogP contribution in [0.15, 0.2) is 60.7 Å². The molecule has 0 heterocycles. The maximum Gasteiger partial charge on any atom is 0.118 e. The van der Waals surface area contributed by atoms with Gasteiger partial charge in [-0.1, -0.05) is 101 Å². The molecule has 0 spiro atoms. The summed E-state index contributed by atoms with van der Waals surface area (Å²) in [6.45, 7) is 7.58. The highest BCUT2D eigenvalue weighted by atomic mass is 35.5. The van der Waals surface area contributed by atoms with E-state index in [0.717, 1.165) is 38.7 Å². The summed E-state index contributed by atoms with van der Waals surface area (Å²) in [5.41, 5.74) is 2.73. The van der Waals surface area contributed by atoms with Crippen LogP contribution in [0, 0.1) is 17.3 Å². The molecule has 1 saturated carbocycles. The maximum atomic E-state index is 6.83. The van der Waals surface area contributed by atoms with Crippen LogP contribution in [-0.4, -0.2) is 10.9 Å². The molecular weight excluding hydrogens is 459 g/mol. The Labute approximate surface area is 218 Å². The first-order valence-electron chi connectivity index (χ1n) is 13.4. The Morgan fingerprint density at radius 1 is 0.882 bits per heavy atom. The molecule has 188 valence electrons. The average Bonchev–Trinajstić information content (AvgIpc) is 2.84. The van der Waals surface area contributed by atoms with Crippen molar-refractivity contribution in [3.8, 4) is 0 Å². The van der Waals surface area contributed by atoms with E-state index in [1.807, 2.05) is 0 Å². The smallest absolute Gasteiger partial charge is 0.118 e. The zero-order chi connectivity index (χ0) is 24.4. The molecule has 0 N–H and O–H groups in total. The van der Waals surface area contributed by atoms with E-state index < -0.39 is 4.33 Å². The van der Waals surface area contributed by atoms with Gasteiger partial charge in [-0.2, -0.15) is 0 Å². The number of hydrogen-bond acceptors (Lipinski definition) is 1. The summed E-state index contributed by atoms with van der Waals surface area (Å²) in [5, 5.41) is 0. The molecule has 3 rings (SSSR count). The first-order chi connectivity index (χ1) is 16.3. The van der Waals surface area contributed by atoms with Gasteiger partial charge in [0.15, 0.2) is 0 Å². The quantitative estimate of drug-likeness (QED) is 0.247. The molecule has 2 unspecified atom stereocenters. The van der Waals surface area contributed by atoms with E-state index in [2.05, 4.69) is 81.4 Å². The topological polar surface area (TPSA) is 9.23 Å². The molecular formula is C31H44Cl2O. The van der Waals surface area contributed by atoms with Gasteiger partial charge < -0.3 is 4.74 Å². The van der Waals surface area contributed by atoms with Crippen molar-refractivity contribution in [2.45, 2.75) is 95.4 Å². The lowest BCUT2D eigenvalue weighted by Gasteiger charge is -2.42. The lowest BCUT2D eigenvalue weighted by molar-refractivity contribution is -0.0445. The van der Waals surface area contributed by atoms with Crippen molar-refractivity contribution < 1.29 is 4.74 Å². The number of ether oxygens (including phenoxy) is 1. The molecule has 1 aliphatic rings. The minimum Gasteiger partial charge on any atom is -0.373 e. The van der Waals surface area contributed by atoms with Crippen molar-refractivity contribution in [3.63, 3.8) is 0 Å². The zero-order valence-electron chi connectivity index (χ0n) is 21.4. The normalized spacial score (nSPS) is 18.1. The van der Waals surface area contributed by atoms with Gasteiger partial charge in [-0.15, -0.1) is 23.2 Å². The van der Waals surface area contributed by atoms with Crippen molar-refractivity contribution in [2.24, 2.45) is 17.3 Å². The van der Waals surface area contributed by atoms with E-state index in [4.69, 9.17) is 27.9 Å². The van der Waals surface area contributed by atoms with Gasteiger partial charge in [0.2, 0.25) is 0 Å². The van der Waals surface area contributed by atoms with Crippen LogP contribution in [0.2, 0.25) is 0 Å². The molecule has 0 aromatic heterocycles. The third-order valence-electron chi connectivity index (χ3n) is 7.68. The second-order valence-electron chi connectivity index (χ2n) is 11.2. The second kappa shape index (κ2) is 13.3. The molecule has 1 nitrogen and oxygen atoms in total. The Balaban J connectivity index is 1.72. The lowest BCUT2D eigenvalue weighted by atomic mass is 9.67. The van der Waals surface area contributed by atoms with Gasteiger partial charge in [-0.3, -0.25) is 0 Å². The van der Waals surface area contributed by atoms with Crippen molar-refractivity contribution in [2.75, 3.05) is 6.61 Å². The van der Waals surface area contributed by atoms with Gasteiger partial charge >= 0.3 is 0 Å². The third kappa shape index (κ3) is 8.89. The average molecular weight is 504 g/mol. The number of halogens is 2. The Bertz CT molecular complexity index is 814. The first-order valence-corrected chi connectivity index (χ1v) is 14.1. The van der Waals surface area contributed by atoms with E-state index in [1.165, 1.54) is 43.2 Å². The highest BCUT2D eigenvalue weighted by molar-refractivity contribution is 6.48. The van der Waals surface area contributed by atoms with Crippen LogP contribution in [-0.2, 0) is 11.2 Å². The van der Waals surface area contributed by atoms with Crippen molar-refractivity contribution >= 4 is 23.2 Å². The van der Waals surface area contributed by atoms with E-state index in [9.17, 15) is 0 Å². The number of rotatable bonds is 13. The molecule has 2 aromatic rings. The molecule has 0 bridgehead atoms. The summed E-state index contributed by atoms with van der Waals surface area (Å²) < 4.78 is 6.17. The molecule has 0 aliphatic heterocycles. The molecule has 0 radical (unpaired) electrons. The lowest BCUT2D eigenvalue weighted by Crippen LogP contribution is -2.36. The van der Waals surface area contributed by atoms with Gasteiger partial charge in [-0.25, -0.2) is 0 Å². The van der Waals surface area contributed by atoms with Crippen molar-refractivity contribution in [1.29, 1.82) is 0 Å². The summed E-state index contributed by atoms with van der Waals surface area (Å²) >= 11 is 13.6. The van der Waals surface area contributed by atoms with Crippen LogP contribution in [0.1, 0.15) is 95.8 Å². The molecule has 0 saturated heterocycles. The summed E-state index contributed by atoms with van der Waals surface area (Å²) in [6.07, 6.45) is 11.4. The van der Waals surface area contributed by atoms with Gasteiger partial charge in [0, 0.05) is 0 Å². The molecule has 1 fully saturated rings. The van der Waals surface area contributed by atoms with E-state index in [0.29, 0.717) is 11.8 Å². The fourth-order valence-electron chi connectivity index (χ4n) is 5.61. The molecule has 0 amide bonds. The minimum absolute atomic E-state index is 0.0895. The van der Waals surface area contributed by atoms with Gasteiger partial charge in [-0.05, 0) is 73.3 Å². The fraction of sp³-hybridized carbons (Fsp3) is 0.613. The zero-order valence-corrected chi connectivity index (χ0v) is 23.0. The highest BCUT2D eigenvalue weighted by Gasteiger charge is 2.38. The molecule has 2 aromatic carbocycles. The van der Waals surface area contributed by atoms with Crippen LogP contribution in [0.5, 0.6) is 0 Å². The number of aryl methyl sites for hydroxylation is 1. The Kier molecular flexibility index (Phi) is 10.8. The molecule has 3 heteroatoms. The summed E-state index contributed by atoms with van der Waals surface area (Å²) in [6, 6.07) is 21.5. The number of benzene rings is 2. The summed E-state index contributed by atoms with van der Waals surface area (Å²) in [7, 11) is 0. The predicted octanol–water partition coefficient (Wildman–Crippen LogP) is 9.96. The van der Waals surface area contributed by atoms with Crippen LogP contribution >= 0.6 is 23.2 Å². The Morgan fingerprint density at radius 2 is 1.50 bits per heavy atom. The number of alkyl halides is 2. The van der Waals surface area contributed by atoms with Gasteiger partial charge in [0.05, 0.1) is 12.7 Å². The monoisotopic (exact) mass is 502 g/mol. The maximum absolute atomic E-state index is 6.83. The van der Waals surface area contributed by atoms with Crippen molar-refractivity contribution in [3.05, 3.63) is 71.8 Å².